The molecule has 13 rings (SSSR count). The van der Waals surface area contributed by atoms with E-state index in [0.717, 1.165) is 43.4 Å². The molecule has 1 aliphatic carbocycles. The van der Waals surface area contributed by atoms with E-state index in [9.17, 15) is 0 Å². The maximum absolute atomic E-state index is 5.49. The Morgan fingerprint density at radius 2 is 1.16 bits per heavy atom. The predicted octanol–water partition coefficient (Wildman–Crippen LogP) is 13.7. The summed E-state index contributed by atoms with van der Waals surface area (Å²) in [6, 6.07) is 59.3. The summed E-state index contributed by atoms with van der Waals surface area (Å²) in [5.74, 6) is 0.677. The third-order valence-electron chi connectivity index (χ3n) is 11.7. The van der Waals surface area contributed by atoms with E-state index in [1.165, 1.54) is 75.9 Å². The first-order valence-electron chi connectivity index (χ1n) is 18.7. The van der Waals surface area contributed by atoms with Crippen molar-refractivity contribution in [2.24, 2.45) is 0 Å². The van der Waals surface area contributed by atoms with Gasteiger partial charge in [0, 0.05) is 48.5 Å². The van der Waals surface area contributed by atoms with Gasteiger partial charge < -0.3 is 4.98 Å². The van der Waals surface area contributed by atoms with Crippen LogP contribution in [0.25, 0.3) is 125 Å². The fourth-order valence-electron chi connectivity index (χ4n) is 9.27. The van der Waals surface area contributed by atoms with Crippen molar-refractivity contribution in [3.63, 3.8) is 0 Å². The Bertz CT molecular complexity index is 3610. The number of rotatable bonds is 3. The van der Waals surface area contributed by atoms with Gasteiger partial charge in [0.1, 0.15) is 0 Å². The second kappa shape index (κ2) is 10.8. The van der Waals surface area contributed by atoms with Gasteiger partial charge in [0.2, 0.25) is 5.95 Å². The summed E-state index contributed by atoms with van der Waals surface area (Å²) >= 11 is 1.77. The minimum absolute atomic E-state index is 0.677. The number of aromatic amines is 1. The third kappa shape index (κ3) is 4.00. The van der Waals surface area contributed by atoms with Crippen molar-refractivity contribution < 1.29 is 0 Å². The SMILES string of the molecule is c1ccc2c(-c3nc(-n4c5ccccc5c5cc(-c6ccc7[nH]c8c(c7c6)-c6cccc7cccc-8c67)ccc54)nc4c3sc3ccccc34)cccc2c1. The van der Waals surface area contributed by atoms with Crippen LogP contribution < -0.4 is 0 Å². The maximum atomic E-state index is 5.49. The smallest absolute Gasteiger partial charge is 0.235 e. The van der Waals surface area contributed by atoms with Gasteiger partial charge in [-0.15, -0.1) is 11.3 Å². The number of aromatic nitrogens is 4. The molecule has 0 bridgehead atoms. The van der Waals surface area contributed by atoms with Crippen molar-refractivity contribution in [1.82, 2.24) is 19.5 Å². The van der Waals surface area contributed by atoms with E-state index in [-0.39, 0.29) is 0 Å². The van der Waals surface area contributed by atoms with Crippen LogP contribution in [0, 0.1) is 0 Å². The van der Waals surface area contributed by atoms with Crippen LogP contribution in [-0.2, 0) is 0 Å². The lowest BCUT2D eigenvalue weighted by molar-refractivity contribution is 1.02. The summed E-state index contributed by atoms with van der Waals surface area (Å²) in [5.41, 5.74) is 13.9. The van der Waals surface area contributed by atoms with Crippen molar-refractivity contribution in [1.29, 1.82) is 0 Å². The molecule has 1 N–H and O–H groups in total. The molecule has 5 heteroatoms. The number of hydrogen-bond acceptors (Lipinski definition) is 3. The molecule has 0 saturated heterocycles. The molecule has 0 unspecified atom stereocenters. The fourth-order valence-corrected chi connectivity index (χ4v) is 10.4. The normalized spacial score (nSPS) is 12.4. The van der Waals surface area contributed by atoms with Gasteiger partial charge >= 0.3 is 0 Å². The summed E-state index contributed by atoms with van der Waals surface area (Å²) < 4.78 is 4.58. The second-order valence-corrected chi connectivity index (χ2v) is 15.7. The predicted molar refractivity (Wildman–Crippen MR) is 231 cm³/mol. The highest BCUT2D eigenvalue weighted by Crippen LogP contribution is 2.51. The number of nitrogens with one attached hydrogen (secondary N) is 1. The van der Waals surface area contributed by atoms with Crippen LogP contribution in [0.2, 0.25) is 0 Å². The zero-order valence-electron chi connectivity index (χ0n) is 29.3. The molecule has 0 fully saturated rings. The van der Waals surface area contributed by atoms with Gasteiger partial charge in [0.25, 0.3) is 0 Å². The Hall–Kier alpha value is -7.08. The van der Waals surface area contributed by atoms with Gasteiger partial charge in [-0.05, 0) is 74.6 Å². The van der Waals surface area contributed by atoms with Gasteiger partial charge in [-0.1, -0.05) is 127 Å². The molecule has 0 radical (unpaired) electrons. The Morgan fingerprint density at radius 1 is 0.491 bits per heavy atom. The molecule has 0 atom stereocenters. The molecule has 4 aromatic heterocycles. The molecular formula is C50H28N4S. The van der Waals surface area contributed by atoms with Crippen molar-refractivity contribution >= 4 is 85.9 Å². The average molecular weight is 717 g/mol. The van der Waals surface area contributed by atoms with Crippen LogP contribution in [0.15, 0.2) is 164 Å². The van der Waals surface area contributed by atoms with Crippen LogP contribution in [0.4, 0.5) is 0 Å². The van der Waals surface area contributed by atoms with Crippen molar-refractivity contribution in [3.05, 3.63) is 164 Å². The molecule has 8 aromatic carbocycles. The van der Waals surface area contributed by atoms with Crippen molar-refractivity contribution in [3.8, 4) is 50.7 Å². The zero-order valence-corrected chi connectivity index (χ0v) is 30.2. The number of benzene rings is 8. The van der Waals surface area contributed by atoms with Crippen molar-refractivity contribution in [2.75, 3.05) is 0 Å². The summed E-state index contributed by atoms with van der Waals surface area (Å²) in [6.07, 6.45) is 0. The minimum atomic E-state index is 0.677. The van der Waals surface area contributed by atoms with E-state index in [0.29, 0.717) is 5.95 Å². The summed E-state index contributed by atoms with van der Waals surface area (Å²) in [6.45, 7) is 0. The Labute approximate surface area is 318 Å². The minimum Gasteiger partial charge on any atom is -0.354 e. The van der Waals surface area contributed by atoms with Crippen LogP contribution in [0.3, 0.4) is 0 Å². The Kier molecular flexibility index (Phi) is 5.74. The van der Waals surface area contributed by atoms with Gasteiger partial charge in [0.15, 0.2) is 0 Å². The monoisotopic (exact) mass is 716 g/mol. The highest BCUT2D eigenvalue weighted by Gasteiger charge is 2.26. The molecule has 0 saturated carbocycles. The van der Waals surface area contributed by atoms with Crippen LogP contribution in [-0.4, -0.2) is 19.5 Å². The van der Waals surface area contributed by atoms with Crippen LogP contribution in [0.5, 0.6) is 0 Å². The summed E-state index contributed by atoms with van der Waals surface area (Å²) in [5, 5.41) is 9.77. The first kappa shape index (κ1) is 29.4. The number of nitrogens with zero attached hydrogens (tertiary/aromatic N) is 3. The molecule has 12 aromatic rings. The van der Waals surface area contributed by atoms with E-state index < -0.39 is 0 Å². The topological polar surface area (TPSA) is 46.5 Å². The number of thiophene rings is 1. The third-order valence-corrected chi connectivity index (χ3v) is 12.9. The lowest BCUT2D eigenvalue weighted by Crippen LogP contribution is -2.02. The molecule has 0 spiro atoms. The summed E-state index contributed by atoms with van der Waals surface area (Å²) in [7, 11) is 0. The Balaban J connectivity index is 1.04. The number of H-pyrrole nitrogens is 1. The van der Waals surface area contributed by atoms with Crippen LogP contribution >= 0.6 is 11.3 Å². The van der Waals surface area contributed by atoms with E-state index >= 15 is 0 Å². The zero-order chi connectivity index (χ0) is 35.8. The highest BCUT2D eigenvalue weighted by atomic mass is 32.1. The Morgan fingerprint density at radius 3 is 2.05 bits per heavy atom. The molecule has 0 amide bonds. The molecular weight excluding hydrogens is 689 g/mol. The molecule has 55 heavy (non-hydrogen) atoms. The van der Waals surface area contributed by atoms with Gasteiger partial charge in [-0.25, -0.2) is 9.97 Å². The highest BCUT2D eigenvalue weighted by molar-refractivity contribution is 7.26. The van der Waals surface area contributed by atoms with Gasteiger partial charge in [-0.2, -0.15) is 0 Å². The lowest BCUT2D eigenvalue weighted by Gasteiger charge is -2.12. The molecule has 4 nitrogen and oxygen atoms in total. The van der Waals surface area contributed by atoms with Crippen LogP contribution in [0.1, 0.15) is 0 Å². The summed E-state index contributed by atoms with van der Waals surface area (Å²) in [4.78, 5) is 14.7. The molecule has 254 valence electrons. The molecule has 0 aliphatic heterocycles. The average Bonchev–Trinajstić information content (AvgIpc) is 3.99. The number of hydrogen-bond donors (Lipinski definition) is 1. The first-order valence-corrected chi connectivity index (χ1v) is 19.5. The maximum Gasteiger partial charge on any atom is 0.235 e. The largest absolute Gasteiger partial charge is 0.354 e. The van der Waals surface area contributed by atoms with Gasteiger partial charge in [0.05, 0.1) is 32.6 Å². The van der Waals surface area contributed by atoms with E-state index in [2.05, 4.69) is 173 Å². The second-order valence-electron chi connectivity index (χ2n) is 14.6. The van der Waals surface area contributed by atoms with Gasteiger partial charge in [-0.3, -0.25) is 4.57 Å². The quantitative estimate of drug-likeness (QED) is 0.198. The number of fused-ring (bicyclic) bond motifs is 12. The molecule has 1 aliphatic rings. The molecule has 4 heterocycles. The standard InChI is InChI=1S/C50H28N4S/c1-2-14-32-28(10-1)11-7-17-34(32)47-49-48(35-16-4-6-21-43(35)55-49)53-50(52-47)54-41-20-5-3-15-33(41)38-26-31(23-25-42(38)54)30-22-24-40-39(27-30)45-36-18-8-12-29-13-9-19-37(44(29)36)46(45)51-40/h1-27,51H. The van der Waals surface area contributed by atoms with E-state index in [1.54, 1.807) is 11.3 Å². The fraction of sp³-hybridized carbons (Fsp3) is 0. The lowest BCUT2D eigenvalue weighted by atomic mass is 9.98. The first-order chi connectivity index (χ1) is 27.3. The van der Waals surface area contributed by atoms with Crippen molar-refractivity contribution in [2.45, 2.75) is 0 Å². The number of para-hydroxylation sites is 1. The van der Waals surface area contributed by atoms with E-state index in [4.69, 9.17) is 9.97 Å². The van der Waals surface area contributed by atoms with E-state index in [1.807, 2.05) is 0 Å².